The van der Waals surface area contributed by atoms with Crippen molar-refractivity contribution in [2.45, 2.75) is 13.8 Å². The van der Waals surface area contributed by atoms with Crippen LogP contribution < -0.4 is 9.64 Å². The number of methoxy groups -OCH3 is 1. The van der Waals surface area contributed by atoms with Gasteiger partial charge in [-0.3, -0.25) is 4.79 Å². The van der Waals surface area contributed by atoms with E-state index in [-0.39, 0.29) is 5.91 Å². The van der Waals surface area contributed by atoms with Crippen LogP contribution in [0.4, 0.5) is 5.69 Å². The molecule has 19 heavy (non-hydrogen) atoms. The van der Waals surface area contributed by atoms with E-state index >= 15 is 0 Å². The van der Waals surface area contributed by atoms with Gasteiger partial charge in [0.25, 0.3) is 0 Å². The first-order valence-corrected chi connectivity index (χ1v) is 5.70. The van der Waals surface area contributed by atoms with Crippen LogP contribution >= 0.6 is 0 Å². The van der Waals surface area contributed by atoms with Gasteiger partial charge in [0.05, 0.1) is 37.1 Å². The lowest BCUT2D eigenvalue weighted by atomic mass is 10.3. The standard InChI is InChI=1S/C12H15N5O2/c1-8-11(16(3)9(2)18)7-17(15-8)10-5-13-12(19-4)14-6-10/h5-7H,1-4H3. The lowest BCUT2D eigenvalue weighted by Gasteiger charge is -2.12. The van der Waals surface area contributed by atoms with E-state index < -0.39 is 0 Å². The van der Waals surface area contributed by atoms with E-state index in [4.69, 9.17) is 4.74 Å². The molecule has 7 nitrogen and oxygen atoms in total. The first kappa shape index (κ1) is 13.0. The van der Waals surface area contributed by atoms with Gasteiger partial charge in [-0.25, -0.2) is 14.6 Å². The van der Waals surface area contributed by atoms with E-state index in [0.29, 0.717) is 11.7 Å². The van der Waals surface area contributed by atoms with Crippen molar-refractivity contribution < 1.29 is 9.53 Å². The number of carbonyl (C=O) groups is 1. The average molecular weight is 261 g/mol. The summed E-state index contributed by atoms with van der Waals surface area (Å²) < 4.78 is 6.53. The minimum Gasteiger partial charge on any atom is -0.467 e. The van der Waals surface area contributed by atoms with Crippen LogP contribution in [0.2, 0.25) is 0 Å². The van der Waals surface area contributed by atoms with Crippen molar-refractivity contribution in [1.82, 2.24) is 19.7 Å². The second kappa shape index (κ2) is 5.05. The van der Waals surface area contributed by atoms with Gasteiger partial charge in [-0.1, -0.05) is 0 Å². The molecule has 0 radical (unpaired) electrons. The summed E-state index contributed by atoms with van der Waals surface area (Å²) in [6, 6.07) is 0.300. The average Bonchev–Trinajstić information content (AvgIpc) is 2.80. The predicted octanol–water partition coefficient (Wildman–Crippen LogP) is 0.962. The molecule has 0 aliphatic rings. The van der Waals surface area contributed by atoms with Crippen LogP contribution in [0.5, 0.6) is 6.01 Å². The van der Waals surface area contributed by atoms with E-state index in [2.05, 4.69) is 15.1 Å². The molecule has 0 saturated carbocycles. The second-order valence-corrected chi connectivity index (χ2v) is 4.05. The summed E-state index contributed by atoms with van der Waals surface area (Å²) in [6.45, 7) is 3.35. The van der Waals surface area contributed by atoms with E-state index in [1.165, 1.54) is 14.0 Å². The number of nitrogens with zero attached hydrogens (tertiary/aromatic N) is 5. The molecule has 0 N–H and O–H groups in total. The fourth-order valence-corrected chi connectivity index (χ4v) is 1.62. The summed E-state index contributed by atoms with van der Waals surface area (Å²) in [5.41, 5.74) is 2.21. The third-order valence-corrected chi connectivity index (χ3v) is 2.77. The molecule has 0 bridgehead atoms. The van der Waals surface area contributed by atoms with Gasteiger partial charge in [0.1, 0.15) is 5.69 Å². The summed E-state index contributed by atoms with van der Waals surface area (Å²) in [6.07, 6.45) is 4.98. The molecule has 0 aliphatic heterocycles. The van der Waals surface area contributed by atoms with E-state index in [1.807, 2.05) is 6.92 Å². The van der Waals surface area contributed by atoms with Crippen LogP contribution in [-0.4, -0.2) is 39.8 Å². The Labute approximate surface area is 110 Å². The Balaban J connectivity index is 2.35. The quantitative estimate of drug-likeness (QED) is 0.822. The lowest BCUT2D eigenvalue weighted by Crippen LogP contribution is -2.22. The van der Waals surface area contributed by atoms with Gasteiger partial charge in [0, 0.05) is 14.0 Å². The number of amides is 1. The zero-order chi connectivity index (χ0) is 14.0. The summed E-state index contributed by atoms with van der Waals surface area (Å²) in [7, 11) is 3.22. The number of anilines is 1. The van der Waals surface area contributed by atoms with E-state index in [9.17, 15) is 4.79 Å². The molecule has 2 aromatic rings. The molecule has 2 heterocycles. The third-order valence-electron chi connectivity index (χ3n) is 2.77. The highest BCUT2D eigenvalue weighted by Crippen LogP contribution is 2.19. The number of carbonyl (C=O) groups excluding carboxylic acids is 1. The van der Waals surface area contributed by atoms with Crippen LogP contribution in [0.15, 0.2) is 18.6 Å². The van der Waals surface area contributed by atoms with Crippen molar-refractivity contribution in [2.75, 3.05) is 19.1 Å². The van der Waals surface area contributed by atoms with Gasteiger partial charge in [0.15, 0.2) is 0 Å². The highest BCUT2D eigenvalue weighted by atomic mass is 16.5. The Morgan fingerprint density at radius 2 is 2.00 bits per heavy atom. The molecule has 0 aliphatic carbocycles. The molecule has 0 atom stereocenters. The molecule has 0 spiro atoms. The molecular weight excluding hydrogens is 246 g/mol. The van der Waals surface area contributed by atoms with Gasteiger partial charge < -0.3 is 9.64 Å². The van der Waals surface area contributed by atoms with Crippen LogP contribution in [0.25, 0.3) is 5.69 Å². The van der Waals surface area contributed by atoms with Crippen molar-refractivity contribution in [3.63, 3.8) is 0 Å². The number of aromatic nitrogens is 4. The smallest absolute Gasteiger partial charge is 0.316 e. The number of aryl methyl sites for hydroxylation is 1. The highest BCUT2D eigenvalue weighted by molar-refractivity contribution is 5.91. The maximum Gasteiger partial charge on any atom is 0.316 e. The molecular formula is C12H15N5O2. The molecule has 1 amide bonds. The molecule has 7 heteroatoms. The lowest BCUT2D eigenvalue weighted by molar-refractivity contribution is -0.116. The molecule has 0 fully saturated rings. The summed E-state index contributed by atoms with van der Waals surface area (Å²) in [5.74, 6) is -0.0476. The number of hydrogen-bond donors (Lipinski definition) is 0. The van der Waals surface area contributed by atoms with Crippen molar-refractivity contribution in [2.24, 2.45) is 0 Å². The molecule has 2 aromatic heterocycles. The third kappa shape index (κ3) is 2.54. The molecule has 2 rings (SSSR count). The van der Waals surface area contributed by atoms with Crippen LogP contribution in [-0.2, 0) is 4.79 Å². The number of hydrogen-bond acceptors (Lipinski definition) is 5. The summed E-state index contributed by atoms with van der Waals surface area (Å²) in [5, 5.41) is 4.34. The SMILES string of the molecule is COc1ncc(-n2cc(N(C)C(C)=O)c(C)n2)cn1. The van der Waals surface area contributed by atoms with Gasteiger partial charge in [-0.15, -0.1) is 0 Å². The maximum absolute atomic E-state index is 11.4. The van der Waals surface area contributed by atoms with Crippen molar-refractivity contribution in [3.05, 3.63) is 24.3 Å². The van der Waals surface area contributed by atoms with Crippen LogP contribution in [0, 0.1) is 6.92 Å². The van der Waals surface area contributed by atoms with E-state index in [1.54, 1.807) is 35.2 Å². The Morgan fingerprint density at radius 3 is 2.53 bits per heavy atom. The number of rotatable bonds is 3. The molecule has 100 valence electrons. The normalized spacial score (nSPS) is 10.3. The summed E-state index contributed by atoms with van der Waals surface area (Å²) >= 11 is 0. The van der Waals surface area contributed by atoms with E-state index in [0.717, 1.165) is 11.4 Å². The van der Waals surface area contributed by atoms with Gasteiger partial charge >= 0.3 is 6.01 Å². The molecule has 0 aromatic carbocycles. The fourth-order valence-electron chi connectivity index (χ4n) is 1.62. The monoisotopic (exact) mass is 261 g/mol. The topological polar surface area (TPSA) is 73.1 Å². The fraction of sp³-hybridized carbons (Fsp3) is 0.333. The van der Waals surface area contributed by atoms with Crippen molar-refractivity contribution >= 4 is 11.6 Å². The van der Waals surface area contributed by atoms with Gasteiger partial charge in [0.2, 0.25) is 5.91 Å². The Hall–Kier alpha value is -2.44. The Bertz CT molecular complexity index is 591. The van der Waals surface area contributed by atoms with Crippen LogP contribution in [0.1, 0.15) is 12.6 Å². The first-order chi connectivity index (χ1) is 9.02. The van der Waals surface area contributed by atoms with Crippen molar-refractivity contribution in [1.29, 1.82) is 0 Å². The first-order valence-electron chi connectivity index (χ1n) is 5.70. The maximum atomic E-state index is 11.4. The zero-order valence-electron chi connectivity index (χ0n) is 11.3. The van der Waals surface area contributed by atoms with Gasteiger partial charge in [-0.05, 0) is 6.92 Å². The Morgan fingerprint density at radius 1 is 1.37 bits per heavy atom. The minimum absolute atomic E-state index is 0.0476. The number of ether oxygens (including phenoxy) is 1. The predicted molar refractivity (Wildman–Crippen MR) is 69.5 cm³/mol. The molecule has 0 unspecified atom stereocenters. The summed E-state index contributed by atoms with van der Waals surface area (Å²) in [4.78, 5) is 21.0. The highest BCUT2D eigenvalue weighted by Gasteiger charge is 2.13. The second-order valence-electron chi connectivity index (χ2n) is 4.05. The Kier molecular flexibility index (Phi) is 3.46. The zero-order valence-corrected chi connectivity index (χ0v) is 11.3. The minimum atomic E-state index is -0.0476. The largest absolute Gasteiger partial charge is 0.467 e. The van der Waals surface area contributed by atoms with Gasteiger partial charge in [-0.2, -0.15) is 5.10 Å². The molecule has 0 saturated heterocycles. The van der Waals surface area contributed by atoms with Crippen LogP contribution in [0.3, 0.4) is 0 Å². The van der Waals surface area contributed by atoms with Crippen molar-refractivity contribution in [3.8, 4) is 11.7 Å².